The topological polar surface area (TPSA) is 67.1 Å². The lowest BCUT2D eigenvalue weighted by atomic mass is 9.97. The van der Waals surface area contributed by atoms with Gasteiger partial charge in [0.15, 0.2) is 0 Å². The van der Waals surface area contributed by atoms with Gasteiger partial charge < -0.3 is 0 Å². The lowest BCUT2D eigenvalue weighted by Gasteiger charge is -2.11. The van der Waals surface area contributed by atoms with Crippen LogP contribution in [0.4, 0.5) is 0 Å². The van der Waals surface area contributed by atoms with Crippen molar-refractivity contribution in [2.24, 2.45) is 28.2 Å². The second kappa shape index (κ2) is 30.7. The zero-order valence-corrected chi connectivity index (χ0v) is 60.3. The zero-order chi connectivity index (χ0) is 65.7. The number of hydrogen-bond acceptors (Lipinski definition) is 8. The smallest absolute Gasteiger partial charge is 0.238 e. The van der Waals surface area contributed by atoms with Crippen molar-refractivity contribution in [3.05, 3.63) is 233 Å². The van der Waals surface area contributed by atoms with E-state index in [1.165, 1.54) is 159 Å². The summed E-state index contributed by atoms with van der Waals surface area (Å²) in [6.07, 6.45) is 0. The number of rotatable bonds is 6. The molecule has 0 bridgehead atoms. The molecule has 496 valence electrons. The first kappa shape index (κ1) is 74.9. The van der Waals surface area contributed by atoms with Crippen molar-refractivity contribution in [1.82, 2.24) is 19.9 Å². The molecule has 0 aliphatic heterocycles. The van der Waals surface area contributed by atoms with E-state index < -0.39 is 0 Å². The largest absolute Gasteiger partial charge is 0.342 e. The molecule has 0 fully saturated rings. The highest BCUT2D eigenvalue weighted by molar-refractivity contribution is 7.22. The van der Waals surface area contributed by atoms with Crippen molar-refractivity contribution in [3.63, 3.8) is 0 Å². The van der Waals surface area contributed by atoms with E-state index >= 15 is 0 Å². The van der Waals surface area contributed by atoms with Crippen molar-refractivity contribution < 1.29 is 18.3 Å². The Kier molecular flexibility index (Phi) is 23.9. The number of benzene rings is 6. The molecule has 6 aromatic carbocycles. The molecule has 14 aromatic rings. The summed E-state index contributed by atoms with van der Waals surface area (Å²) in [4.78, 5) is 21.4. The fourth-order valence-electron chi connectivity index (χ4n) is 12.6. The average Bonchev–Trinajstić information content (AvgIpc) is 1.55. The number of nitrogens with zero attached hydrogens (tertiary/aromatic N) is 8. The van der Waals surface area contributed by atoms with Gasteiger partial charge in [-0.3, -0.25) is 0 Å². The maximum absolute atomic E-state index is 5.05. The molecule has 0 saturated carbocycles. The minimum atomic E-state index is 0. The summed E-state index contributed by atoms with van der Waals surface area (Å²) in [6.45, 7) is 34.7. The summed E-state index contributed by atoms with van der Waals surface area (Å²) in [5.41, 5.74) is 38.5. The van der Waals surface area contributed by atoms with Crippen molar-refractivity contribution in [1.29, 1.82) is 0 Å². The Morgan fingerprint density at radius 1 is 0.323 bits per heavy atom. The first-order valence-corrected chi connectivity index (χ1v) is 34.7. The van der Waals surface area contributed by atoms with E-state index in [2.05, 4.69) is 307 Å². The monoisotopic (exact) mass is 1350 g/mol. The van der Waals surface area contributed by atoms with Crippen LogP contribution < -0.4 is 18.3 Å². The zero-order valence-electron chi connectivity index (χ0n) is 57.1. The first-order valence-electron chi connectivity index (χ1n) is 31.4. The Morgan fingerprint density at radius 2 is 0.698 bits per heavy atom. The molecule has 8 aromatic heterocycles. The predicted octanol–water partition coefficient (Wildman–Crippen LogP) is 22.0. The number of aromatic nitrogens is 8. The molecule has 0 N–H and O–H groups in total. The fraction of sp³-hybridized carbons (Fsp3) is 0.286. The standard InChI is InChI=1S/C24H25N2S.C23H23N2S.C17H19N2S.C16H17N2S.4CH4/c1-14-12-17(4)18(5)19(13-14)20-10-11-21-23(26(20)6)25-24(27-21)22-15(2)8-7-9-16(22)3;1-14-6-8-18(9-7-14)23-24-22-21(26-23)11-10-20(25(22)5)19-13-15(2)12-16(3)17(19)4;1-10-8-11(2)12(3)14(9-10)16-7-6-15-17(19(16)5)20-13(4)18-15;1-10-7-11(2)12(3)13(8-10)15-6-5-14-16(18(15)4)19-9-17-14;;;;/h7-13H,1-6H3;6-13H,1-5H3;6-9H,1-5H3;5-9H,1-4H3;4*1H4/q4*+1;;;;. The van der Waals surface area contributed by atoms with Gasteiger partial charge in [0.05, 0.1) is 24.6 Å². The Balaban J connectivity index is 0.000000180. The van der Waals surface area contributed by atoms with E-state index in [1.807, 2.05) is 5.51 Å². The molecule has 0 spiro atoms. The van der Waals surface area contributed by atoms with Crippen molar-refractivity contribution in [2.45, 2.75) is 140 Å². The highest BCUT2D eigenvalue weighted by Crippen LogP contribution is 2.37. The van der Waals surface area contributed by atoms with Crippen LogP contribution in [0.25, 0.3) is 108 Å². The highest BCUT2D eigenvalue weighted by atomic mass is 32.1. The van der Waals surface area contributed by atoms with E-state index in [1.54, 1.807) is 45.3 Å². The van der Waals surface area contributed by atoms with Crippen molar-refractivity contribution in [2.75, 3.05) is 0 Å². The van der Waals surface area contributed by atoms with E-state index in [0.29, 0.717) is 0 Å². The molecule has 12 heteroatoms. The minimum absolute atomic E-state index is 0. The van der Waals surface area contributed by atoms with E-state index in [4.69, 9.17) is 9.97 Å². The molecule has 0 aliphatic rings. The van der Waals surface area contributed by atoms with Crippen LogP contribution in [0.5, 0.6) is 0 Å². The molecule has 96 heavy (non-hydrogen) atoms. The van der Waals surface area contributed by atoms with E-state index in [-0.39, 0.29) is 29.7 Å². The van der Waals surface area contributed by atoms with Crippen LogP contribution in [0.1, 0.15) is 118 Å². The van der Waals surface area contributed by atoms with Crippen LogP contribution in [0.2, 0.25) is 0 Å². The van der Waals surface area contributed by atoms with E-state index in [9.17, 15) is 0 Å². The fourth-order valence-corrected chi connectivity index (χ4v) is 16.5. The maximum atomic E-state index is 5.05. The second-order valence-corrected chi connectivity index (χ2v) is 29.2. The minimum Gasteiger partial charge on any atom is -0.238 e. The molecular formula is C84H100N8S4+4. The Bertz CT molecular complexity index is 5150. The first-order chi connectivity index (χ1) is 43.8. The maximum Gasteiger partial charge on any atom is 0.342 e. The van der Waals surface area contributed by atoms with Gasteiger partial charge in [-0.05, 0) is 249 Å². The van der Waals surface area contributed by atoms with Crippen LogP contribution >= 0.6 is 45.3 Å². The van der Waals surface area contributed by atoms with Crippen molar-refractivity contribution >= 4 is 86.7 Å². The SMILES string of the molecule is C.C.C.C.Cc1cc(C)c(C)c(-c2ccc3nc(C)sc3[n+]2C)c1.Cc1cc(C)c(C)c(-c2ccc3ncsc3[n+]2C)c1.Cc1cc(C)c(C)c(-c2ccc3sc(-c4c(C)cccc4C)nc3[n+]2C)c1.Cc1ccc(-c2nc3c(ccc(-c4cc(C)cc(C)c4C)[n+]3C)s2)cc1. The molecule has 0 unspecified atom stereocenters. The summed E-state index contributed by atoms with van der Waals surface area (Å²) in [5.74, 6) is 0. The third kappa shape index (κ3) is 15.0. The summed E-state index contributed by atoms with van der Waals surface area (Å²) < 4.78 is 11.4. The van der Waals surface area contributed by atoms with Gasteiger partial charge in [-0.1, -0.05) is 157 Å². The number of aryl methyl sites for hydroxylation is 16. The molecule has 8 nitrogen and oxygen atoms in total. The normalized spacial score (nSPS) is 10.8. The third-order valence-electron chi connectivity index (χ3n) is 18.2. The lowest BCUT2D eigenvalue weighted by molar-refractivity contribution is -0.635. The molecule has 0 aliphatic carbocycles. The molecule has 14 rings (SSSR count). The third-order valence-corrected chi connectivity index (χ3v) is 22.3. The molecule has 0 atom stereocenters. The molecule has 8 heterocycles. The number of hydrogen-bond donors (Lipinski definition) is 0. The van der Waals surface area contributed by atoms with Crippen LogP contribution in [0.3, 0.4) is 0 Å². The Morgan fingerprint density at radius 3 is 1.14 bits per heavy atom. The van der Waals surface area contributed by atoms with Gasteiger partial charge in [0, 0.05) is 45.5 Å². The second-order valence-electron chi connectivity index (χ2n) is 25.1. The molecule has 0 radical (unpaired) electrons. The lowest BCUT2D eigenvalue weighted by Crippen LogP contribution is -2.32. The van der Waals surface area contributed by atoms with Gasteiger partial charge in [-0.2, -0.15) is 9.13 Å². The van der Waals surface area contributed by atoms with Gasteiger partial charge in [-0.15, -0.1) is 0 Å². The van der Waals surface area contributed by atoms with Crippen molar-refractivity contribution in [3.8, 4) is 66.2 Å². The Hall–Kier alpha value is -8.52. The van der Waals surface area contributed by atoms with Crippen LogP contribution in [-0.4, -0.2) is 19.9 Å². The van der Waals surface area contributed by atoms with Crippen LogP contribution in [0, 0.1) is 111 Å². The molecule has 0 saturated heterocycles. The van der Waals surface area contributed by atoms with Gasteiger partial charge in [0.1, 0.15) is 45.9 Å². The summed E-state index contributed by atoms with van der Waals surface area (Å²) in [6, 6.07) is 50.6. The van der Waals surface area contributed by atoms with Gasteiger partial charge in [0.25, 0.3) is 9.66 Å². The summed E-state index contributed by atoms with van der Waals surface area (Å²) in [5, 5.41) is 3.29. The van der Waals surface area contributed by atoms with Gasteiger partial charge in [0.2, 0.25) is 21.4 Å². The highest BCUT2D eigenvalue weighted by Gasteiger charge is 2.26. The number of pyridine rings is 4. The van der Waals surface area contributed by atoms with Gasteiger partial charge >= 0.3 is 11.3 Å². The number of fused-ring (bicyclic) bond motifs is 4. The summed E-state index contributed by atoms with van der Waals surface area (Å²) in [7, 11) is 8.50. The van der Waals surface area contributed by atoms with Crippen LogP contribution in [0.15, 0.2) is 145 Å². The average molecular weight is 1350 g/mol. The molecular weight excluding hydrogens is 1250 g/mol. The van der Waals surface area contributed by atoms with E-state index in [0.717, 1.165) is 37.4 Å². The van der Waals surface area contributed by atoms with Crippen LogP contribution in [-0.2, 0) is 28.2 Å². The quantitative estimate of drug-likeness (QED) is 0.156. The number of thiazole rings is 4. The van der Waals surface area contributed by atoms with Gasteiger partial charge in [-0.25, -0.2) is 19.1 Å². The summed E-state index contributed by atoms with van der Waals surface area (Å²) >= 11 is 6.97. The Labute approximate surface area is 589 Å². The molecule has 0 amide bonds. The predicted molar refractivity (Wildman–Crippen MR) is 419 cm³/mol.